The Labute approximate surface area is 102 Å². The second-order valence-electron chi connectivity index (χ2n) is 3.49. The molecule has 0 saturated carbocycles. The molecular weight excluding hydrogens is 218 g/mol. The molecule has 2 aromatic rings. The molecule has 1 nitrogen and oxygen atoms in total. The molecule has 0 N–H and O–H groups in total. The molecule has 1 aromatic carbocycles. The van der Waals surface area contributed by atoms with Gasteiger partial charge in [-0.25, -0.2) is 4.57 Å². The van der Waals surface area contributed by atoms with Crippen LogP contribution in [0, 0.1) is 0 Å². The Kier molecular flexibility index (Phi) is 4.74. The first-order chi connectivity index (χ1) is 7.38. The van der Waals surface area contributed by atoms with Crippen LogP contribution in [0.5, 0.6) is 0 Å². The summed E-state index contributed by atoms with van der Waals surface area (Å²) in [5.74, 6) is 0. The number of benzene rings is 1. The van der Waals surface area contributed by atoms with Crippen LogP contribution in [0.1, 0.15) is 11.1 Å². The summed E-state index contributed by atoms with van der Waals surface area (Å²) < 4.78 is 2.16. The fourth-order valence-electron chi connectivity index (χ4n) is 1.51. The van der Waals surface area contributed by atoms with Crippen LogP contribution in [-0.2, 0) is 6.54 Å². The van der Waals surface area contributed by atoms with Crippen molar-refractivity contribution in [3.63, 3.8) is 0 Å². The molecule has 2 heteroatoms. The molecule has 0 aliphatic rings. The zero-order valence-electron chi connectivity index (χ0n) is 9.01. The summed E-state index contributed by atoms with van der Waals surface area (Å²) in [5, 5.41) is 0. The molecule has 0 aliphatic carbocycles. The zero-order valence-corrected chi connectivity index (χ0v) is 9.77. The van der Waals surface area contributed by atoms with E-state index in [1.54, 1.807) is 0 Å². The number of hydrogen-bond donors (Lipinski definition) is 0. The molecule has 0 amide bonds. The standard InChI is InChI=1S/C14H14N.ClH/c1-2-13-6-8-14(9-7-13)12-15-10-4-3-5-11-15;/h2-11H,1,12H2;1H/q+1;/p-1. The first-order valence-corrected chi connectivity index (χ1v) is 5.04. The lowest BCUT2D eigenvalue weighted by Gasteiger charge is -1.98. The Balaban J connectivity index is 0.00000128. The van der Waals surface area contributed by atoms with E-state index in [1.165, 1.54) is 5.56 Å². The van der Waals surface area contributed by atoms with Crippen LogP contribution in [-0.4, -0.2) is 0 Å². The molecule has 0 spiro atoms. The van der Waals surface area contributed by atoms with Crippen LogP contribution < -0.4 is 17.0 Å². The third-order valence-electron chi connectivity index (χ3n) is 2.36. The monoisotopic (exact) mass is 231 g/mol. The van der Waals surface area contributed by atoms with Crippen LogP contribution in [0.3, 0.4) is 0 Å². The predicted octanol–water partition coefficient (Wildman–Crippen LogP) is -0.331. The Bertz CT molecular complexity index is 434. The van der Waals surface area contributed by atoms with Gasteiger partial charge in [0.05, 0.1) is 0 Å². The largest absolute Gasteiger partial charge is 1.00 e. The van der Waals surface area contributed by atoms with Crippen LogP contribution in [0.4, 0.5) is 0 Å². The Morgan fingerprint density at radius 3 is 2.19 bits per heavy atom. The van der Waals surface area contributed by atoms with Gasteiger partial charge in [-0.1, -0.05) is 43.0 Å². The SMILES string of the molecule is C=Cc1ccc(C[n+]2ccccc2)cc1.[Cl-]. The maximum Gasteiger partial charge on any atom is 0.173 e. The van der Waals surface area contributed by atoms with Gasteiger partial charge in [-0.2, -0.15) is 0 Å². The quantitative estimate of drug-likeness (QED) is 0.637. The van der Waals surface area contributed by atoms with Crippen molar-refractivity contribution in [1.82, 2.24) is 0 Å². The smallest absolute Gasteiger partial charge is 0.173 e. The molecule has 0 radical (unpaired) electrons. The Hall–Kier alpha value is -1.60. The van der Waals surface area contributed by atoms with Crippen LogP contribution >= 0.6 is 0 Å². The van der Waals surface area contributed by atoms with Gasteiger partial charge < -0.3 is 12.4 Å². The number of hydrogen-bond acceptors (Lipinski definition) is 0. The average molecular weight is 232 g/mol. The van der Waals surface area contributed by atoms with Gasteiger partial charge in [-0.15, -0.1) is 0 Å². The van der Waals surface area contributed by atoms with Gasteiger partial charge in [-0.3, -0.25) is 0 Å². The van der Waals surface area contributed by atoms with Crippen molar-refractivity contribution in [2.24, 2.45) is 0 Å². The Morgan fingerprint density at radius 1 is 1.00 bits per heavy atom. The summed E-state index contributed by atoms with van der Waals surface area (Å²) >= 11 is 0. The van der Waals surface area contributed by atoms with E-state index < -0.39 is 0 Å². The summed E-state index contributed by atoms with van der Waals surface area (Å²) in [7, 11) is 0. The van der Waals surface area contributed by atoms with Gasteiger partial charge in [0.15, 0.2) is 18.9 Å². The van der Waals surface area contributed by atoms with E-state index in [0.29, 0.717) is 0 Å². The number of aromatic nitrogens is 1. The summed E-state index contributed by atoms with van der Waals surface area (Å²) in [6.45, 7) is 4.65. The highest BCUT2D eigenvalue weighted by molar-refractivity contribution is 5.47. The first kappa shape index (κ1) is 12.5. The minimum atomic E-state index is 0. The van der Waals surface area contributed by atoms with Gasteiger partial charge in [0, 0.05) is 17.7 Å². The van der Waals surface area contributed by atoms with Gasteiger partial charge in [0.2, 0.25) is 0 Å². The molecule has 1 aromatic heterocycles. The predicted molar refractivity (Wildman–Crippen MR) is 62.3 cm³/mol. The third kappa shape index (κ3) is 3.21. The average Bonchev–Trinajstić information content (AvgIpc) is 2.31. The molecule has 0 saturated heterocycles. The minimum absolute atomic E-state index is 0. The van der Waals surface area contributed by atoms with Crippen molar-refractivity contribution in [2.45, 2.75) is 6.54 Å². The van der Waals surface area contributed by atoms with E-state index in [1.807, 2.05) is 24.3 Å². The molecule has 0 aliphatic heterocycles. The fourth-order valence-corrected chi connectivity index (χ4v) is 1.51. The van der Waals surface area contributed by atoms with E-state index in [0.717, 1.165) is 12.1 Å². The lowest BCUT2D eigenvalue weighted by molar-refractivity contribution is -0.688. The molecule has 0 bridgehead atoms. The van der Waals surface area contributed by atoms with Crippen molar-refractivity contribution in [1.29, 1.82) is 0 Å². The molecule has 0 fully saturated rings. The Morgan fingerprint density at radius 2 is 1.62 bits per heavy atom. The highest BCUT2D eigenvalue weighted by Crippen LogP contribution is 2.04. The van der Waals surface area contributed by atoms with Crippen LogP contribution in [0.2, 0.25) is 0 Å². The van der Waals surface area contributed by atoms with Crippen molar-refractivity contribution in [3.05, 3.63) is 72.6 Å². The van der Waals surface area contributed by atoms with Gasteiger partial charge in [-0.05, 0) is 5.56 Å². The van der Waals surface area contributed by atoms with Crippen LogP contribution in [0.15, 0.2) is 61.4 Å². The normalized spacial score (nSPS) is 9.25. The van der Waals surface area contributed by atoms with E-state index in [-0.39, 0.29) is 12.4 Å². The fraction of sp³-hybridized carbons (Fsp3) is 0.0714. The highest BCUT2D eigenvalue weighted by atomic mass is 35.5. The minimum Gasteiger partial charge on any atom is -1.00 e. The summed E-state index contributed by atoms with van der Waals surface area (Å²) in [5.41, 5.74) is 2.47. The zero-order chi connectivity index (χ0) is 10.5. The number of rotatable bonds is 3. The maximum absolute atomic E-state index is 3.74. The van der Waals surface area contributed by atoms with Crippen molar-refractivity contribution in [3.8, 4) is 0 Å². The second-order valence-corrected chi connectivity index (χ2v) is 3.49. The molecule has 2 rings (SSSR count). The lowest BCUT2D eigenvalue weighted by atomic mass is 10.1. The first-order valence-electron chi connectivity index (χ1n) is 5.04. The van der Waals surface area contributed by atoms with Crippen molar-refractivity contribution in [2.75, 3.05) is 0 Å². The molecule has 0 unspecified atom stereocenters. The molecule has 82 valence electrons. The van der Waals surface area contributed by atoms with E-state index in [9.17, 15) is 0 Å². The second kappa shape index (κ2) is 6.09. The molecular formula is C14H14ClN. The van der Waals surface area contributed by atoms with Gasteiger partial charge in [0.25, 0.3) is 0 Å². The number of pyridine rings is 1. The summed E-state index contributed by atoms with van der Waals surface area (Å²) in [6.07, 6.45) is 6.00. The van der Waals surface area contributed by atoms with Crippen LogP contribution in [0.25, 0.3) is 6.08 Å². The van der Waals surface area contributed by atoms with Crippen molar-refractivity contribution < 1.29 is 17.0 Å². The maximum atomic E-state index is 3.74. The summed E-state index contributed by atoms with van der Waals surface area (Å²) in [6, 6.07) is 14.6. The van der Waals surface area contributed by atoms with Gasteiger partial charge in [0.1, 0.15) is 0 Å². The number of halogens is 1. The van der Waals surface area contributed by atoms with Crippen molar-refractivity contribution >= 4 is 6.08 Å². The highest BCUT2D eigenvalue weighted by Gasteiger charge is 1.99. The lowest BCUT2D eigenvalue weighted by Crippen LogP contribution is -3.00. The van der Waals surface area contributed by atoms with Gasteiger partial charge >= 0.3 is 0 Å². The topological polar surface area (TPSA) is 3.88 Å². The van der Waals surface area contributed by atoms with E-state index in [4.69, 9.17) is 0 Å². The molecule has 16 heavy (non-hydrogen) atoms. The summed E-state index contributed by atoms with van der Waals surface area (Å²) in [4.78, 5) is 0. The molecule has 1 heterocycles. The molecule has 0 atom stereocenters. The number of nitrogens with zero attached hydrogens (tertiary/aromatic N) is 1. The van der Waals surface area contributed by atoms with E-state index in [2.05, 4.69) is 47.8 Å². The third-order valence-corrected chi connectivity index (χ3v) is 2.36. The van der Waals surface area contributed by atoms with E-state index >= 15 is 0 Å².